The third kappa shape index (κ3) is 3.91. The molecule has 0 saturated carbocycles. The van der Waals surface area contributed by atoms with Crippen LogP contribution in [0.3, 0.4) is 0 Å². The lowest BCUT2D eigenvalue weighted by Gasteiger charge is -2.45. The minimum Gasteiger partial charge on any atom is -0.380 e. The summed E-state index contributed by atoms with van der Waals surface area (Å²) in [5.41, 5.74) is 5.77. The molecule has 6 heteroatoms. The van der Waals surface area contributed by atoms with Crippen LogP contribution < -0.4 is 5.73 Å². The third-order valence-corrected chi connectivity index (χ3v) is 5.55. The summed E-state index contributed by atoms with van der Waals surface area (Å²) in [4.78, 5) is 2.29. The molecular weight excluding hydrogens is 252 g/mol. The quantitative estimate of drug-likeness (QED) is 0.676. The van der Waals surface area contributed by atoms with Crippen molar-refractivity contribution in [3.8, 4) is 0 Å². The highest BCUT2D eigenvalue weighted by atomic mass is 32.2. The Labute approximate surface area is 111 Å². The van der Waals surface area contributed by atoms with E-state index in [0.717, 1.165) is 13.1 Å². The molecular formula is C12H26N2O3S. The summed E-state index contributed by atoms with van der Waals surface area (Å²) in [6.07, 6.45) is 1.29. The van der Waals surface area contributed by atoms with Gasteiger partial charge in [0.15, 0.2) is 0 Å². The number of sulfone groups is 1. The summed E-state index contributed by atoms with van der Waals surface area (Å²) in [6, 6.07) is 0. The summed E-state index contributed by atoms with van der Waals surface area (Å²) in [5.74, 6) is 0.519. The number of ether oxygens (including phenoxy) is 1. The molecule has 1 rings (SSSR count). The zero-order valence-electron chi connectivity index (χ0n) is 11.5. The molecule has 1 heterocycles. The largest absolute Gasteiger partial charge is 0.380 e. The maximum absolute atomic E-state index is 11.5. The topological polar surface area (TPSA) is 72.6 Å². The molecule has 1 aliphatic heterocycles. The Balaban J connectivity index is 2.67. The number of rotatable bonds is 7. The predicted molar refractivity (Wildman–Crippen MR) is 73.4 cm³/mol. The highest BCUT2D eigenvalue weighted by Gasteiger charge is 2.40. The van der Waals surface area contributed by atoms with E-state index >= 15 is 0 Å². The van der Waals surface area contributed by atoms with Gasteiger partial charge in [-0.15, -0.1) is 0 Å². The second-order valence-electron chi connectivity index (χ2n) is 4.86. The van der Waals surface area contributed by atoms with Gasteiger partial charge in [-0.2, -0.15) is 0 Å². The van der Waals surface area contributed by atoms with Crippen LogP contribution in [0.4, 0.5) is 0 Å². The average Bonchev–Trinajstić information content (AvgIpc) is 2.36. The first-order valence-corrected chi connectivity index (χ1v) is 8.55. The maximum Gasteiger partial charge on any atom is 0.150 e. The van der Waals surface area contributed by atoms with Crippen molar-refractivity contribution >= 4 is 9.84 Å². The van der Waals surface area contributed by atoms with Gasteiger partial charge in [0.2, 0.25) is 0 Å². The van der Waals surface area contributed by atoms with Crippen molar-refractivity contribution < 1.29 is 13.2 Å². The molecule has 1 fully saturated rings. The van der Waals surface area contributed by atoms with Crippen LogP contribution in [-0.4, -0.2) is 63.2 Å². The molecule has 0 aromatic heterocycles. The fraction of sp³-hybridized carbons (Fsp3) is 1.00. The number of hydrogen-bond acceptors (Lipinski definition) is 5. The molecule has 0 aromatic rings. The van der Waals surface area contributed by atoms with Crippen molar-refractivity contribution in [2.75, 3.05) is 44.4 Å². The van der Waals surface area contributed by atoms with Gasteiger partial charge in [-0.3, -0.25) is 4.90 Å². The number of hydrogen-bond donors (Lipinski definition) is 1. The van der Waals surface area contributed by atoms with Crippen molar-refractivity contribution in [1.29, 1.82) is 0 Å². The number of nitrogens with zero attached hydrogens (tertiary/aromatic N) is 1. The fourth-order valence-electron chi connectivity index (χ4n) is 2.62. The van der Waals surface area contributed by atoms with E-state index in [2.05, 4.69) is 11.8 Å². The first-order valence-electron chi connectivity index (χ1n) is 6.73. The van der Waals surface area contributed by atoms with Crippen LogP contribution in [0.25, 0.3) is 0 Å². The SMILES string of the molecule is CCOCCN(CC)C1(CN)CCS(=O)(=O)CC1. The second-order valence-corrected chi connectivity index (χ2v) is 7.16. The smallest absolute Gasteiger partial charge is 0.150 e. The van der Waals surface area contributed by atoms with Gasteiger partial charge in [0.25, 0.3) is 0 Å². The Bertz CT molecular complexity index is 329. The number of nitrogens with two attached hydrogens (primary N) is 1. The number of likely N-dealkylation sites (N-methyl/N-ethyl adjacent to an activating group) is 1. The Morgan fingerprint density at radius 3 is 2.33 bits per heavy atom. The van der Waals surface area contributed by atoms with Crippen molar-refractivity contribution in [3.63, 3.8) is 0 Å². The standard InChI is InChI=1S/C12H26N2O3S/c1-3-14(7-8-17-4-2)12(11-13)5-9-18(15,16)10-6-12/h3-11,13H2,1-2H3. The molecule has 0 spiro atoms. The highest BCUT2D eigenvalue weighted by molar-refractivity contribution is 7.91. The average molecular weight is 278 g/mol. The van der Waals surface area contributed by atoms with Crippen molar-refractivity contribution in [3.05, 3.63) is 0 Å². The van der Waals surface area contributed by atoms with Gasteiger partial charge in [0, 0.05) is 25.2 Å². The van der Waals surface area contributed by atoms with Gasteiger partial charge >= 0.3 is 0 Å². The van der Waals surface area contributed by atoms with Gasteiger partial charge in [0.05, 0.1) is 18.1 Å². The van der Waals surface area contributed by atoms with Gasteiger partial charge in [-0.25, -0.2) is 8.42 Å². The molecule has 0 aliphatic carbocycles. The molecule has 0 radical (unpaired) electrons. The van der Waals surface area contributed by atoms with Crippen molar-refractivity contribution in [2.24, 2.45) is 5.73 Å². The minimum absolute atomic E-state index is 0.156. The molecule has 18 heavy (non-hydrogen) atoms. The second kappa shape index (κ2) is 6.84. The van der Waals surface area contributed by atoms with E-state index in [4.69, 9.17) is 10.5 Å². The highest BCUT2D eigenvalue weighted by Crippen LogP contribution is 2.29. The maximum atomic E-state index is 11.5. The predicted octanol–water partition coefficient (Wildman–Crippen LogP) is 0.251. The van der Waals surface area contributed by atoms with E-state index < -0.39 is 9.84 Å². The fourth-order valence-corrected chi connectivity index (χ4v) is 4.20. The molecule has 0 aromatic carbocycles. The zero-order chi connectivity index (χ0) is 13.6. The molecule has 1 saturated heterocycles. The van der Waals surface area contributed by atoms with Crippen molar-refractivity contribution in [1.82, 2.24) is 4.90 Å². The van der Waals surface area contributed by atoms with Crippen LogP contribution in [0.1, 0.15) is 26.7 Å². The van der Waals surface area contributed by atoms with E-state index in [1.54, 1.807) is 0 Å². The summed E-state index contributed by atoms with van der Waals surface area (Å²) >= 11 is 0. The van der Waals surface area contributed by atoms with Gasteiger partial charge in [-0.05, 0) is 26.3 Å². The lowest BCUT2D eigenvalue weighted by molar-refractivity contribution is 0.0457. The first kappa shape index (κ1) is 15.9. The first-order chi connectivity index (χ1) is 8.49. The molecule has 0 unspecified atom stereocenters. The monoisotopic (exact) mass is 278 g/mol. The van der Waals surface area contributed by atoms with Crippen LogP contribution in [0.15, 0.2) is 0 Å². The molecule has 108 valence electrons. The van der Waals surface area contributed by atoms with E-state index in [1.165, 1.54) is 0 Å². The summed E-state index contributed by atoms with van der Waals surface area (Å²) in [7, 11) is -2.84. The van der Waals surface area contributed by atoms with Gasteiger partial charge in [0.1, 0.15) is 9.84 Å². The zero-order valence-corrected chi connectivity index (χ0v) is 12.3. The van der Waals surface area contributed by atoms with Crippen molar-refractivity contribution in [2.45, 2.75) is 32.2 Å². The summed E-state index contributed by atoms with van der Waals surface area (Å²) in [5, 5.41) is 0. The Hall–Kier alpha value is -0.170. The molecule has 0 bridgehead atoms. The summed E-state index contributed by atoms with van der Waals surface area (Å²) < 4.78 is 28.5. The molecule has 0 atom stereocenters. The van der Waals surface area contributed by atoms with Crippen LogP contribution >= 0.6 is 0 Å². The van der Waals surface area contributed by atoms with Gasteiger partial charge < -0.3 is 10.5 Å². The molecule has 0 amide bonds. The minimum atomic E-state index is -2.84. The molecule has 1 aliphatic rings. The van der Waals surface area contributed by atoms with E-state index in [1.807, 2.05) is 6.92 Å². The molecule has 2 N–H and O–H groups in total. The lowest BCUT2D eigenvalue weighted by atomic mass is 9.90. The van der Waals surface area contributed by atoms with Crippen LogP contribution in [0.2, 0.25) is 0 Å². The van der Waals surface area contributed by atoms with E-state index in [9.17, 15) is 8.42 Å². The normalized spacial score (nSPS) is 22.2. The summed E-state index contributed by atoms with van der Waals surface area (Å²) in [6.45, 7) is 7.67. The van der Waals surface area contributed by atoms with E-state index in [0.29, 0.717) is 32.6 Å². The lowest BCUT2D eigenvalue weighted by Crippen LogP contribution is -2.58. The van der Waals surface area contributed by atoms with Crippen LogP contribution in [0, 0.1) is 0 Å². The Morgan fingerprint density at radius 2 is 1.89 bits per heavy atom. The van der Waals surface area contributed by atoms with Gasteiger partial charge in [-0.1, -0.05) is 6.92 Å². The Kier molecular flexibility index (Phi) is 6.04. The van der Waals surface area contributed by atoms with Crippen LogP contribution in [-0.2, 0) is 14.6 Å². The van der Waals surface area contributed by atoms with E-state index in [-0.39, 0.29) is 17.0 Å². The molecule has 5 nitrogen and oxygen atoms in total. The van der Waals surface area contributed by atoms with Crippen LogP contribution in [0.5, 0.6) is 0 Å². The third-order valence-electron chi connectivity index (χ3n) is 3.90. The Morgan fingerprint density at radius 1 is 1.28 bits per heavy atom.